The van der Waals surface area contributed by atoms with Crippen molar-refractivity contribution in [3.8, 4) is 5.75 Å². The van der Waals surface area contributed by atoms with Crippen LogP contribution in [-0.4, -0.2) is 29.3 Å². The second-order valence-electron chi connectivity index (χ2n) is 4.33. The Bertz CT molecular complexity index is 440. The molecule has 17 heavy (non-hydrogen) atoms. The average molecular weight is 236 g/mol. The van der Waals surface area contributed by atoms with Gasteiger partial charge >= 0.3 is 5.97 Å². The molecule has 5 N–H and O–H groups in total. The van der Waals surface area contributed by atoms with Crippen LogP contribution >= 0.6 is 0 Å². The number of anilines is 1. The Balaban J connectivity index is 2.35. The summed E-state index contributed by atoms with van der Waals surface area (Å²) in [5.41, 5.74) is 6.62. The van der Waals surface area contributed by atoms with E-state index in [0.717, 1.165) is 31.5 Å². The van der Waals surface area contributed by atoms with Crippen LogP contribution in [0, 0.1) is 0 Å². The highest BCUT2D eigenvalue weighted by Gasteiger charge is 2.21. The van der Waals surface area contributed by atoms with Gasteiger partial charge in [-0.1, -0.05) is 0 Å². The molecule has 0 aliphatic carbocycles. The summed E-state index contributed by atoms with van der Waals surface area (Å²) in [7, 11) is 0. The van der Waals surface area contributed by atoms with Gasteiger partial charge in [0.05, 0.1) is 5.56 Å². The molecule has 0 radical (unpaired) electrons. The SMILES string of the molecule is Nc1cc(C2CCNCC2)c(O)cc1C(=O)O. The maximum absolute atomic E-state index is 10.9. The van der Waals surface area contributed by atoms with Crippen LogP contribution in [0.25, 0.3) is 0 Å². The zero-order chi connectivity index (χ0) is 12.4. The van der Waals surface area contributed by atoms with Crippen molar-refractivity contribution in [2.45, 2.75) is 18.8 Å². The number of phenolic OH excluding ortho intramolecular Hbond substituents is 1. The fraction of sp³-hybridized carbons (Fsp3) is 0.417. The lowest BCUT2D eigenvalue weighted by Gasteiger charge is -2.24. The second-order valence-corrected chi connectivity index (χ2v) is 4.33. The lowest BCUT2D eigenvalue weighted by atomic mass is 9.88. The number of rotatable bonds is 2. The van der Waals surface area contributed by atoms with E-state index in [0.29, 0.717) is 0 Å². The average Bonchev–Trinajstić information content (AvgIpc) is 2.32. The molecule has 1 aromatic carbocycles. The first-order chi connectivity index (χ1) is 8.09. The maximum Gasteiger partial charge on any atom is 0.337 e. The third-order valence-electron chi connectivity index (χ3n) is 3.21. The minimum Gasteiger partial charge on any atom is -0.508 e. The van der Waals surface area contributed by atoms with Crippen molar-refractivity contribution in [2.24, 2.45) is 0 Å². The van der Waals surface area contributed by atoms with E-state index in [1.54, 1.807) is 6.07 Å². The summed E-state index contributed by atoms with van der Waals surface area (Å²) in [6, 6.07) is 2.84. The monoisotopic (exact) mass is 236 g/mol. The molecule has 0 amide bonds. The summed E-state index contributed by atoms with van der Waals surface area (Å²) in [5, 5.41) is 22.0. The van der Waals surface area contributed by atoms with E-state index in [1.165, 1.54) is 6.07 Å². The molecule has 92 valence electrons. The van der Waals surface area contributed by atoms with Crippen molar-refractivity contribution in [1.29, 1.82) is 0 Å². The van der Waals surface area contributed by atoms with Gasteiger partial charge in [-0.3, -0.25) is 0 Å². The molecule has 1 heterocycles. The molecular formula is C12H16N2O3. The Morgan fingerprint density at radius 3 is 2.59 bits per heavy atom. The number of nitrogens with one attached hydrogen (secondary N) is 1. The van der Waals surface area contributed by atoms with E-state index < -0.39 is 5.97 Å². The van der Waals surface area contributed by atoms with Crippen LogP contribution in [0.2, 0.25) is 0 Å². The third kappa shape index (κ3) is 2.34. The number of nitrogen functional groups attached to an aromatic ring is 1. The smallest absolute Gasteiger partial charge is 0.337 e. The molecule has 5 heteroatoms. The van der Waals surface area contributed by atoms with Gasteiger partial charge in [0, 0.05) is 5.69 Å². The first-order valence-electron chi connectivity index (χ1n) is 5.66. The van der Waals surface area contributed by atoms with Crippen LogP contribution < -0.4 is 11.1 Å². The summed E-state index contributed by atoms with van der Waals surface area (Å²) in [4.78, 5) is 10.9. The first kappa shape index (κ1) is 11.7. The number of carboxylic acid groups (broad SMARTS) is 1. The zero-order valence-corrected chi connectivity index (χ0v) is 9.44. The predicted molar refractivity (Wildman–Crippen MR) is 64.3 cm³/mol. The quantitative estimate of drug-likeness (QED) is 0.456. The molecule has 1 aromatic rings. The molecule has 5 nitrogen and oxygen atoms in total. The molecule has 0 spiro atoms. The van der Waals surface area contributed by atoms with E-state index in [2.05, 4.69) is 5.32 Å². The predicted octanol–water partition coefficient (Wildman–Crippen LogP) is 1.14. The highest BCUT2D eigenvalue weighted by molar-refractivity contribution is 5.94. The second kappa shape index (κ2) is 4.63. The molecule has 1 aliphatic rings. The van der Waals surface area contributed by atoms with Gasteiger partial charge in [-0.2, -0.15) is 0 Å². The summed E-state index contributed by atoms with van der Waals surface area (Å²) < 4.78 is 0. The van der Waals surface area contributed by atoms with Crippen molar-refractivity contribution < 1.29 is 15.0 Å². The first-order valence-corrected chi connectivity index (χ1v) is 5.66. The van der Waals surface area contributed by atoms with E-state index >= 15 is 0 Å². The Labute approximate surface area is 99.3 Å². The number of aromatic carboxylic acids is 1. The topological polar surface area (TPSA) is 95.6 Å². The highest BCUT2D eigenvalue weighted by Crippen LogP contribution is 2.34. The van der Waals surface area contributed by atoms with Gasteiger partial charge in [-0.25, -0.2) is 4.79 Å². The summed E-state index contributed by atoms with van der Waals surface area (Å²) in [6.45, 7) is 1.81. The lowest BCUT2D eigenvalue weighted by Crippen LogP contribution is -2.26. The third-order valence-corrected chi connectivity index (χ3v) is 3.21. The number of aromatic hydroxyl groups is 1. The maximum atomic E-state index is 10.9. The summed E-state index contributed by atoms with van der Waals surface area (Å²) in [5.74, 6) is -0.834. The van der Waals surface area contributed by atoms with Gasteiger partial charge in [0.1, 0.15) is 5.75 Å². The zero-order valence-electron chi connectivity index (χ0n) is 9.44. The normalized spacial score (nSPS) is 16.9. The number of phenols is 1. The number of carbonyl (C=O) groups is 1. The Morgan fingerprint density at radius 2 is 2.00 bits per heavy atom. The Kier molecular flexibility index (Phi) is 3.19. The van der Waals surface area contributed by atoms with Crippen LogP contribution in [-0.2, 0) is 0 Å². The number of benzene rings is 1. The van der Waals surface area contributed by atoms with Crippen molar-refractivity contribution in [3.05, 3.63) is 23.3 Å². The minimum atomic E-state index is -1.12. The molecule has 0 atom stereocenters. The van der Waals surface area contributed by atoms with Crippen LogP contribution in [0.4, 0.5) is 5.69 Å². The molecule has 0 bridgehead atoms. The van der Waals surface area contributed by atoms with E-state index in [4.69, 9.17) is 10.8 Å². The summed E-state index contributed by atoms with van der Waals surface area (Å²) >= 11 is 0. The largest absolute Gasteiger partial charge is 0.508 e. The molecule has 1 saturated heterocycles. The van der Waals surface area contributed by atoms with Crippen LogP contribution in [0.3, 0.4) is 0 Å². The molecular weight excluding hydrogens is 220 g/mol. The van der Waals surface area contributed by atoms with Crippen molar-refractivity contribution in [1.82, 2.24) is 5.32 Å². The highest BCUT2D eigenvalue weighted by atomic mass is 16.4. The van der Waals surface area contributed by atoms with Gasteiger partial charge in [-0.05, 0) is 49.5 Å². The standard InChI is InChI=1S/C12H16N2O3/c13-10-5-8(7-1-3-14-4-2-7)11(15)6-9(10)12(16)17/h5-7,14-15H,1-4,13H2,(H,16,17). The lowest BCUT2D eigenvalue weighted by molar-refractivity contribution is 0.0697. The molecule has 1 aliphatic heterocycles. The van der Waals surface area contributed by atoms with Gasteiger partial charge < -0.3 is 21.3 Å². The number of carboxylic acids is 1. The molecule has 0 aromatic heterocycles. The van der Waals surface area contributed by atoms with Crippen LogP contribution in [0.5, 0.6) is 5.75 Å². The van der Waals surface area contributed by atoms with Crippen molar-refractivity contribution in [3.63, 3.8) is 0 Å². The minimum absolute atomic E-state index is 0.0310. The number of nitrogens with two attached hydrogens (primary N) is 1. The van der Waals surface area contributed by atoms with Crippen LogP contribution in [0.1, 0.15) is 34.7 Å². The molecule has 0 unspecified atom stereocenters. The summed E-state index contributed by atoms with van der Waals surface area (Å²) in [6.07, 6.45) is 1.86. The Morgan fingerprint density at radius 1 is 1.35 bits per heavy atom. The Hall–Kier alpha value is -1.75. The number of hydrogen-bond donors (Lipinski definition) is 4. The van der Waals surface area contributed by atoms with Gasteiger partial charge in [0.2, 0.25) is 0 Å². The van der Waals surface area contributed by atoms with Gasteiger partial charge in [0.25, 0.3) is 0 Å². The van der Waals surface area contributed by atoms with Crippen molar-refractivity contribution in [2.75, 3.05) is 18.8 Å². The number of piperidine rings is 1. The van der Waals surface area contributed by atoms with E-state index in [1.807, 2.05) is 0 Å². The molecule has 1 fully saturated rings. The van der Waals surface area contributed by atoms with Gasteiger partial charge in [0.15, 0.2) is 0 Å². The van der Waals surface area contributed by atoms with Gasteiger partial charge in [-0.15, -0.1) is 0 Å². The molecule has 0 saturated carbocycles. The van der Waals surface area contributed by atoms with Crippen LogP contribution in [0.15, 0.2) is 12.1 Å². The van der Waals surface area contributed by atoms with E-state index in [-0.39, 0.29) is 22.9 Å². The van der Waals surface area contributed by atoms with E-state index in [9.17, 15) is 9.90 Å². The fourth-order valence-electron chi connectivity index (χ4n) is 2.27. The fourth-order valence-corrected chi connectivity index (χ4v) is 2.27. The molecule has 2 rings (SSSR count). The van der Waals surface area contributed by atoms with Crippen molar-refractivity contribution >= 4 is 11.7 Å². The number of hydrogen-bond acceptors (Lipinski definition) is 4.